The molecule has 0 saturated carbocycles. The molecular formula is C29H29F2N7O3. The number of hydrogen-bond acceptors (Lipinski definition) is 8. The molecule has 2 aromatic carbocycles. The smallest absolute Gasteiger partial charge is 0.253 e. The number of halogens is 2. The molecular weight excluding hydrogens is 532 g/mol. The minimum Gasteiger partial charge on any atom is -0.494 e. The Labute approximate surface area is 235 Å². The number of rotatable bonds is 6. The van der Waals surface area contributed by atoms with Gasteiger partial charge in [-0.05, 0) is 25.1 Å². The monoisotopic (exact) mass is 561 g/mol. The Hall–Kier alpha value is -4.58. The lowest BCUT2D eigenvalue weighted by molar-refractivity contribution is -0.127. The molecule has 4 heterocycles. The van der Waals surface area contributed by atoms with Gasteiger partial charge in [-0.2, -0.15) is 4.98 Å². The summed E-state index contributed by atoms with van der Waals surface area (Å²) in [5, 5.41) is 3.23. The quantitative estimate of drug-likeness (QED) is 0.367. The summed E-state index contributed by atoms with van der Waals surface area (Å²) in [7, 11) is 3.43. The lowest BCUT2D eigenvalue weighted by Crippen LogP contribution is -2.64. The zero-order valence-corrected chi connectivity index (χ0v) is 22.9. The van der Waals surface area contributed by atoms with Crippen molar-refractivity contribution in [3.05, 3.63) is 78.0 Å². The molecule has 1 saturated heterocycles. The average molecular weight is 562 g/mol. The third-order valence-electron chi connectivity index (χ3n) is 7.73. The summed E-state index contributed by atoms with van der Waals surface area (Å²) in [4.78, 5) is 30.9. The first-order chi connectivity index (χ1) is 19.8. The fraction of sp³-hybridized carbons (Fsp3) is 0.310. The number of carbonyl (C=O) groups is 1. The van der Waals surface area contributed by atoms with Crippen LogP contribution in [0.5, 0.6) is 5.75 Å². The standard InChI is InChI=1S/C29H29F2N7O3/c1-18-15-37(17-33-18)23-7-6-21(13-25(23)40-3)34-28-32-14-24-26(35-28)36(2)29(8-10-41-11-9-29)27(39)38(24)16-19-4-5-20(30)12-22(19)31/h4-7,12-15,17H,8-11,16H2,1-3H3,(H,32,34,35). The number of amides is 1. The van der Waals surface area contributed by atoms with Crippen molar-refractivity contribution in [3.8, 4) is 11.4 Å². The van der Waals surface area contributed by atoms with E-state index in [1.165, 1.54) is 17.0 Å². The van der Waals surface area contributed by atoms with Gasteiger partial charge in [0.1, 0.15) is 28.6 Å². The highest BCUT2D eigenvalue weighted by Crippen LogP contribution is 2.43. The number of nitrogens with one attached hydrogen (secondary N) is 1. The van der Waals surface area contributed by atoms with E-state index in [0.29, 0.717) is 54.9 Å². The highest BCUT2D eigenvalue weighted by molar-refractivity contribution is 6.07. The number of imidazole rings is 1. The zero-order valence-electron chi connectivity index (χ0n) is 22.9. The molecule has 6 rings (SSSR count). The van der Waals surface area contributed by atoms with Gasteiger partial charge < -0.3 is 29.2 Å². The van der Waals surface area contributed by atoms with Gasteiger partial charge in [0.05, 0.1) is 37.6 Å². The maximum Gasteiger partial charge on any atom is 0.253 e. The summed E-state index contributed by atoms with van der Waals surface area (Å²) in [5.74, 6) is -0.138. The molecule has 212 valence electrons. The van der Waals surface area contributed by atoms with Crippen LogP contribution in [0, 0.1) is 18.6 Å². The number of methoxy groups -OCH3 is 1. The lowest BCUT2D eigenvalue weighted by atomic mass is 9.84. The number of ether oxygens (including phenoxy) is 2. The fourth-order valence-electron chi connectivity index (χ4n) is 5.46. The van der Waals surface area contributed by atoms with Crippen LogP contribution in [0.15, 0.2) is 55.1 Å². The fourth-order valence-corrected chi connectivity index (χ4v) is 5.46. The van der Waals surface area contributed by atoms with Gasteiger partial charge in [-0.25, -0.2) is 18.7 Å². The molecule has 2 aliphatic heterocycles. The molecule has 1 N–H and O–H groups in total. The van der Waals surface area contributed by atoms with Gasteiger partial charge in [0.25, 0.3) is 5.91 Å². The molecule has 2 aromatic heterocycles. The van der Waals surface area contributed by atoms with Crippen LogP contribution < -0.4 is 19.9 Å². The zero-order chi connectivity index (χ0) is 28.7. The van der Waals surface area contributed by atoms with Crippen molar-refractivity contribution in [3.63, 3.8) is 0 Å². The number of aromatic nitrogens is 4. The van der Waals surface area contributed by atoms with Crippen molar-refractivity contribution in [1.82, 2.24) is 19.5 Å². The second-order valence-electron chi connectivity index (χ2n) is 10.2. The molecule has 1 amide bonds. The van der Waals surface area contributed by atoms with E-state index in [-0.39, 0.29) is 18.0 Å². The molecule has 12 heteroatoms. The van der Waals surface area contributed by atoms with Crippen LogP contribution >= 0.6 is 0 Å². The van der Waals surface area contributed by atoms with Gasteiger partial charge in [-0.1, -0.05) is 6.07 Å². The SMILES string of the molecule is COc1cc(Nc2ncc3c(n2)N(C)C2(CCOCC2)C(=O)N3Cc2ccc(F)cc2F)ccc1-n1cnc(C)c1. The molecule has 1 spiro atoms. The van der Waals surface area contributed by atoms with Crippen molar-refractivity contribution in [1.29, 1.82) is 0 Å². The second-order valence-corrected chi connectivity index (χ2v) is 10.2. The van der Waals surface area contributed by atoms with E-state index in [9.17, 15) is 13.6 Å². The Balaban J connectivity index is 1.36. The van der Waals surface area contributed by atoms with E-state index in [4.69, 9.17) is 14.5 Å². The predicted molar refractivity (Wildman–Crippen MR) is 149 cm³/mol. The van der Waals surface area contributed by atoms with Crippen molar-refractivity contribution in [2.75, 3.05) is 42.5 Å². The highest BCUT2D eigenvalue weighted by atomic mass is 19.1. The van der Waals surface area contributed by atoms with Gasteiger partial charge in [-0.15, -0.1) is 0 Å². The summed E-state index contributed by atoms with van der Waals surface area (Å²) in [6, 6.07) is 8.98. The van der Waals surface area contributed by atoms with E-state index < -0.39 is 17.2 Å². The van der Waals surface area contributed by atoms with E-state index >= 15 is 0 Å². The first-order valence-corrected chi connectivity index (χ1v) is 13.2. The maximum absolute atomic E-state index is 14.7. The number of likely N-dealkylation sites (N-methyl/N-ethyl adjacent to an activating group) is 1. The van der Waals surface area contributed by atoms with Crippen LogP contribution in [-0.4, -0.2) is 58.3 Å². The summed E-state index contributed by atoms with van der Waals surface area (Å²) < 4.78 is 41.3. The Morgan fingerprint density at radius 1 is 1.10 bits per heavy atom. The molecule has 41 heavy (non-hydrogen) atoms. The number of fused-ring (bicyclic) bond motifs is 1. The molecule has 2 aliphatic rings. The van der Waals surface area contributed by atoms with Gasteiger partial charge in [0.2, 0.25) is 5.95 Å². The van der Waals surface area contributed by atoms with Gasteiger partial charge in [0, 0.05) is 62.7 Å². The largest absolute Gasteiger partial charge is 0.494 e. The Morgan fingerprint density at radius 2 is 1.90 bits per heavy atom. The minimum atomic E-state index is -0.915. The molecule has 0 unspecified atom stereocenters. The highest BCUT2D eigenvalue weighted by Gasteiger charge is 2.51. The second kappa shape index (κ2) is 10.4. The van der Waals surface area contributed by atoms with Crippen molar-refractivity contribution >= 4 is 29.0 Å². The van der Waals surface area contributed by atoms with E-state index in [1.807, 2.05) is 47.8 Å². The maximum atomic E-state index is 14.7. The van der Waals surface area contributed by atoms with Crippen LogP contribution in [0.3, 0.4) is 0 Å². The number of benzene rings is 2. The van der Waals surface area contributed by atoms with Crippen LogP contribution in [0.1, 0.15) is 24.1 Å². The average Bonchev–Trinajstić information content (AvgIpc) is 3.41. The number of nitrogens with zero attached hydrogens (tertiary/aromatic N) is 6. The number of anilines is 4. The number of aryl methyl sites for hydroxylation is 1. The lowest BCUT2D eigenvalue weighted by Gasteiger charge is -2.50. The molecule has 0 aliphatic carbocycles. The van der Waals surface area contributed by atoms with Gasteiger partial charge >= 0.3 is 0 Å². The Kier molecular flexibility index (Phi) is 6.78. The van der Waals surface area contributed by atoms with Gasteiger partial charge in [-0.3, -0.25) is 4.79 Å². The predicted octanol–water partition coefficient (Wildman–Crippen LogP) is 4.53. The van der Waals surface area contributed by atoms with E-state index in [2.05, 4.69) is 15.3 Å². The summed E-state index contributed by atoms with van der Waals surface area (Å²) in [6.45, 7) is 2.64. The molecule has 0 atom stereocenters. The van der Waals surface area contributed by atoms with Gasteiger partial charge in [0.15, 0.2) is 5.82 Å². The third-order valence-corrected chi connectivity index (χ3v) is 7.73. The topological polar surface area (TPSA) is 97.6 Å². The number of carbonyl (C=O) groups excluding carboxylic acids is 1. The normalized spacial score (nSPS) is 16.2. The van der Waals surface area contributed by atoms with Crippen LogP contribution in [0.2, 0.25) is 0 Å². The van der Waals surface area contributed by atoms with Crippen LogP contribution in [0.25, 0.3) is 5.69 Å². The Bertz CT molecular complexity index is 1620. The van der Waals surface area contributed by atoms with Crippen LogP contribution in [-0.2, 0) is 16.1 Å². The number of hydrogen-bond donors (Lipinski definition) is 1. The summed E-state index contributed by atoms with van der Waals surface area (Å²) in [5.41, 5.74) is 2.13. The molecule has 1 fully saturated rings. The minimum absolute atomic E-state index is 0.0864. The van der Waals surface area contributed by atoms with E-state index in [0.717, 1.165) is 17.4 Å². The molecule has 4 aromatic rings. The third kappa shape index (κ3) is 4.73. The van der Waals surface area contributed by atoms with Crippen molar-refractivity contribution in [2.45, 2.75) is 31.8 Å². The summed E-state index contributed by atoms with van der Waals surface area (Å²) >= 11 is 0. The summed E-state index contributed by atoms with van der Waals surface area (Å²) in [6.07, 6.45) is 6.07. The van der Waals surface area contributed by atoms with E-state index in [1.54, 1.807) is 19.6 Å². The first kappa shape index (κ1) is 26.6. The van der Waals surface area contributed by atoms with Crippen molar-refractivity contribution in [2.24, 2.45) is 0 Å². The molecule has 10 nitrogen and oxygen atoms in total. The van der Waals surface area contributed by atoms with Crippen molar-refractivity contribution < 1.29 is 23.0 Å². The first-order valence-electron chi connectivity index (χ1n) is 13.2. The molecule has 0 bridgehead atoms. The Morgan fingerprint density at radius 3 is 2.61 bits per heavy atom. The molecule has 0 radical (unpaired) electrons. The van der Waals surface area contributed by atoms with Crippen LogP contribution in [0.4, 0.5) is 31.9 Å².